The van der Waals surface area contributed by atoms with Gasteiger partial charge in [0.1, 0.15) is 5.75 Å². The minimum absolute atomic E-state index is 0.0880. The summed E-state index contributed by atoms with van der Waals surface area (Å²) in [6, 6.07) is 5.64. The highest BCUT2D eigenvalue weighted by atomic mass is 127. The second kappa shape index (κ2) is 5.82. The first kappa shape index (κ1) is 12.8. The Labute approximate surface area is 115 Å². The van der Waals surface area contributed by atoms with Gasteiger partial charge in [0.25, 0.3) is 0 Å². The summed E-state index contributed by atoms with van der Waals surface area (Å²) < 4.78 is 11.7. The number of ketones is 1. The molecule has 1 aliphatic rings. The molecular formula is C13H15IO3. The highest BCUT2D eigenvalue weighted by Gasteiger charge is 2.21. The first-order chi connectivity index (χ1) is 8.20. The molecule has 2 rings (SSSR count). The molecule has 3 nitrogen and oxygen atoms in total. The summed E-state index contributed by atoms with van der Waals surface area (Å²) in [6.45, 7) is 0.779. The maximum Gasteiger partial charge on any atom is 0.169 e. The molecular weight excluding hydrogens is 331 g/mol. The van der Waals surface area contributed by atoms with E-state index in [1.807, 2.05) is 18.2 Å². The van der Waals surface area contributed by atoms with E-state index in [9.17, 15) is 4.79 Å². The molecule has 1 heterocycles. The zero-order valence-corrected chi connectivity index (χ0v) is 11.9. The summed E-state index contributed by atoms with van der Waals surface area (Å²) in [5.41, 5.74) is 0.662. The summed E-state index contributed by atoms with van der Waals surface area (Å²) in [7, 11) is 1.59. The van der Waals surface area contributed by atoms with Gasteiger partial charge in [-0.05, 0) is 53.6 Å². The standard InChI is InChI=1S/C13H15IO3/c1-16-13-5-4-9(14)7-11(13)12(15)8-10-3-2-6-17-10/h4-5,7,10H,2-3,6,8H2,1H3. The van der Waals surface area contributed by atoms with Gasteiger partial charge in [-0.25, -0.2) is 0 Å². The zero-order valence-electron chi connectivity index (χ0n) is 9.74. The molecule has 0 amide bonds. The van der Waals surface area contributed by atoms with E-state index in [-0.39, 0.29) is 11.9 Å². The van der Waals surface area contributed by atoms with Crippen LogP contribution in [0.1, 0.15) is 29.6 Å². The average molecular weight is 346 g/mol. The number of carbonyl (C=O) groups is 1. The van der Waals surface area contributed by atoms with Crippen molar-refractivity contribution in [3.63, 3.8) is 0 Å². The number of ether oxygens (including phenoxy) is 2. The Morgan fingerprint density at radius 3 is 3.06 bits per heavy atom. The molecule has 0 radical (unpaired) electrons. The Bertz CT molecular complexity index is 411. The molecule has 0 aromatic heterocycles. The predicted octanol–water partition coefficient (Wildman–Crippen LogP) is 3.05. The van der Waals surface area contributed by atoms with Gasteiger partial charge in [0.15, 0.2) is 5.78 Å². The topological polar surface area (TPSA) is 35.5 Å². The van der Waals surface area contributed by atoms with Crippen LogP contribution in [-0.2, 0) is 4.74 Å². The van der Waals surface area contributed by atoms with Gasteiger partial charge in [0.2, 0.25) is 0 Å². The lowest BCUT2D eigenvalue weighted by Gasteiger charge is -2.11. The third-order valence-corrected chi connectivity index (χ3v) is 3.57. The van der Waals surface area contributed by atoms with Crippen LogP contribution in [0.5, 0.6) is 5.75 Å². The maximum absolute atomic E-state index is 12.2. The van der Waals surface area contributed by atoms with Crippen molar-refractivity contribution in [3.8, 4) is 5.75 Å². The smallest absolute Gasteiger partial charge is 0.169 e. The number of methoxy groups -OCH3 is 1. The average Bonchev–Trinajstić information content (AvgIpc) is 2.81. The number of Topliss-reactive ketones (excluding diaryl/α,β-unsaturated/α-hetero) is 1. The van der Waals surface area contributed by atoms with Crippen LogP contribution < -0.4 is 4.74 Å². The number of rotatable bonds is 4. The van der Waals surface area contributed by atoms with Crippen LogP contribution in [0.4, 0.5) is 0 Å². The van der Waals surface area contributed by atoms with Crippen molar-refractivity contribution in [1.82, 2.24) is 0 Å². The molecule has 1 saturated heterocycles. The number of halogens is 1. The van der Waals surface area contributed by atoms with E-state index < -0.39 is 0 Å². The van der Waals surface area contributed by atoms with Crippen LogP contribution in [0, 0.1) is 3.57 Å². The van der Waals surface area contributed by atoms with E-state index >= 15 is 0 Å². The Balaban J connectivity index is 2.14. The molecule has 0 spiro atoms. The number of hydrogen-bond acceptors (Lipinski definition) is 3. The van der Waals surface area contributed by atoms with Crippen molar-refractivity contribution in [3.05, 3.63) is 27.3 Å². The number of benzene rings is 1. The fraction of sp³-hybridized carbons (Fsp3) is 0.462. The summed E-state index contributed by atoms with van der Waals surface area (Å²) >= 11 is 2.20. The van der Waals surface area contributed by atoms with Crippen molar-refractivity contribution in [2.24, 2.45) is 0 Å². The number of hydrogen-bond donors (Lipinski definition) is 0. The lowest BCUT2D eigenvalue weighted by molar-refractivity contribution is 0.0773. The highest BCUT2D eigenvalue weighted by Crippen LogP contribution is 2.25. The molecule has 1 fully saturated rings. The van der Waals surface area contributed by atoms with E-state index in [1.54, 1.807) is 7.11 Å². The van der Waals surface area contributed by atoms with Crippen LogP contribution in [0.2, 0.25) is 0 Å². The molecule has 1 atom stereocenters. The van der Waals surface area contributed by atoms with Gasteiger partial charge in [0.05, 0.1) is 18.8 Å². The normalized spacial score (nSPS) is 19.3. The van der Waals surface area contributed by atoms with Gasteiger partial charge < -0.3 is 9.47 Å². The summed E-state index contributed by atoms with van der Waals surface area (Å²) in [5, 5.41) is 0. The fourth-order valence-corrected chi connectivity index (χ4v) is 2.51. The van der Waals surface area contributed by atoms with Crippen LogP contribution in [0.3, 0.4) is 0 Å². The lowest BCUT2D eigenvalue weighted by atomic mass is 10.0. The highest BCUT2D eigenvalue weighted by molar-refractivity contribution is 14.1. The molecule has 17 heavy (non-hydrogen) atoms. The Morgan fingerprint density at radius 2 is 2.41 bits per heavy atom. The van der Waals surface area contributed by atoms with Crippen LogP contribution in [0.25, 0.3) is 0 Å². The molecule has 1 aliphatic heterocycles. The molecule has 0 bridgehead atoms. The molecule has 4 heteroatoms. The Morgan fingerprint density at radius 1 is 1.59 bits per heavy atom. The van der Waals surface area contributed by atoms with Gasteiger partial charge in [0, 0.05) is 16.6 Å². The zero-order chi connectivity index (χ0) is 12.3. The Kier molecular flexibility index (Phi) is 4.39. The molecule has 92 valence electrons. The predicted molar refractivity (Wildman–Crippen MR) is 73.6 cm³/mol. The quantitative estimate of drug-likeness (QED) is 0.621. The van der Waals surface area contributed by atoms with Crippen molar-refractivity contribution in [2.75, 3.05) is 13.7 Å². The number of carbonyl (C=O) groups excluding carboxylic acids is 1. The monoisotopic (exact) mass is 346 g/mol. The van der Waals surface area contributed by atoms with Gasteiger partial charge in [-0.2, -0.15) is 0 Å². The van der Waals surface area contributed by atoms with E-state index in [4.69, 9.17) is 9.47 Å². The van der Waals surface area contributed by atoms with Gasteiger partial charge in [-0.3, -0.25) is 4.79 Å². The van der Waals surface area contributed by atoms with Crippen LogP contribution in [0.15, 0.2) is 18.2 Å². The second-order valence-electron chi connectivity index (χ2n) is 4.11. The van der Waals surface area contributed by atoms with E-state index in [0.29, 0.717) is 17.7 Å². The molecule has 1 unspecified atom stereocenters. The van der Waals surface area contributed by atoms with Crippen molar-refractivity contribution in [1.29, 1.82) is 0 Å². The fourth-order valence-electron chi connectivity index (χ4n) is 2.02. The minimum Gasteiger partial charge on any atom is -0.496 e. The van der Waals surface area contributed by atoms with Crippen molar-refractivity contribution >= 4 is 28.4 Å². The minimum atomic E-state index is 0.0880. The van der Waals surface area contributed by atoms with Gasteiger partial charge in [-0.1, -0.05) is 0 Å². The molecule has 1 aromatic rings. The summed E-state index contributed by atoms with van der Waals surface area (Å²) in [5.74, 6) is 0.751. The van der Waals surface area contributed by atoms with Crippen molar-refractivity contribution in [2.45, 2.75) is 25.4 Å². The van der Waals surface area contributed by atoms with E-state index in [0.717, 1.165) is 23.0 Å². The SMILES string of the molecule is COc1ccc(I)cc1C(=O)CC1CCCO1. The van der Waals surface area contributed by atoms with Crippen LogP contribution >= 0.6 is 22.6 Å². The molecule has 0 N–H and O–H groups in total. The van der Waals surface area contributed by atoms with E-state index in [1.165, 1.54) is 0 Å². The largest absolute Gasteiger partial charge is 0.496 e. The third kappa shape index (κ3) is 3.19. The van der Waals surface area contributed by atoms with Crippen LogP contribution in [-0.4, -0.2) is 25.6 Å². The third-order valence-electron chi connectivity index (χ3n) is 2.90. The van der Waals surface area contributed by atoms with Crippen molar-refractivity contribution < 1.29 is 14.3 Å². The van der Waals surface area contributed by atoms with Gasteiger partial charge in [-0.15, -0.1) is 0 Å². The first-order valence-corrected chi connectivity index (χ1v) is 6.77. The lowest BCUT2D eigenvalue weighted by Crippen LogP contribution is -2.13. The molecule has 1 aromatic carbocycles. The Hall–Kier alpha value is -0.620. The maximum atomic E-state index is 12.2. The van der Waals surface area contributed by atoms with E-state index in [2.05, 4.69) is 22.6 Å². The summed E-state index contributed by atoms with van der Waals surface area (Å²) in [6.07, 6.45) is 2.58. The molecule has 0 aliphatic carbocycles. The first-order valence-electron chi connectivity index (χ1n) is 5.69. The second-order valence-corrected chi connectivity index (χ2v) is 5.35. The summed E-state index contributed by atoms with van der Waals surface area (Å²) in [4.78, 5) is 12.2. The molecule has 0 saturated carbocycles. The van der Waals surface area contributed by atoms with Gasteiger partial charge >= 0.3 is 0 Å².